The predicted octanol–water partition coefficient (Wildman–Crippen LogP) is 8.80. The first-order chi connectivity index (χ1) is 17.9. The SMILES string of the molecule is CCCCCCC(Sc1ccc(-c2cccc(C(C)=O)c2)cc1)c1ccc(C(=O)CCCC(=O)O)cc1. The topological polar surface area (TPSA) is 71.4 Å². The number of rotatable bonds is 15. The molecular formula is C32H36O4S. The van der Waals surface area contributed by atoms with Crippen LogP contribution in [0.25, 0.3) is 11.1 Å². The second-order valence-electron chi connectivity index (χ2n) is 9.41. The molecule has 0 fully saturated rings. The molecule has 0 saturated heterocycles. The van der Waals surface area contributed by atoms with E-state index in [1.54, 1.807) is 6.92 Å². The van der Waals surface area contributed by atoms with Gasteiger partial charge in [0.2, 0.25) is 0 Å². The molecule has 0 aliphatic carbocycles. The Bertz CT molecular complexity index is 1180. The highest BCUT2D eigenvalue weighted by Crippen LogP contribution is 2.40. The van der Waals surface area contributed by atoms with E-state index >= 15 is 0 Å². The summed E-state index contributed by atoms with van der Waals surface area (Å²) in [6.45, 7) is 3.80. The largest absolute Gasteiger partial charge is 0.481 e. The summed E-state index contributed by atoms with van der Waals surface area (Å²) in [6.07, 6.45) is 6.47. The Morgan fingerprint density at radius 3 is 2.16 bits per heavy atom. The van der Waals surface area contributed by atoms with Crippen LogP contribution in [-0.4, -0.2) is 22.6 Å². The molecule has 3 aromatic rings. The van der Waals surface area contributed by atoms with Crippen molar-refractivity contribution in [3.05, 3.63) is 89.5 Å². The zero-order valence-electron chi connectivity index (χ0n) is 21.7. The monoisotopic (exact) mass is 516 g/mol. The van der Waals surface area contributed by atoms with E-state index < -0.39 is 5.97 Å². The summed E-state index contributed by atoms with van der Waals surface area (Å²) in [7, 11) is 0. The minimum Gasteiger partial charge on any atom is -0.481 e. The van der Waals surface area contributed by atoms with Crippen molar-refractivity contribution >= 4 is 29.3 Å². The van der Waals surface area contributed by atoms with Crippen LogP contribution >= 0.6 is 11.8 Å². The van der Waals surface area contributed by atoms with Gasteiger partial charge in [-0.2, -0.15) is 0 Å². The highest BCUT2D eigenvalue weighted by atomic mass is 32.2. The van der Waals surface area contributed by atoms with Gasteiger partial charge in [0.25, 0.3) is 0 Å². The van der Waals surface area contributed by atoms with Gasteiger partial charge in [-0.3, -0.25) is 14.4 Å². The third-order valence-electron chi connectivity index (χ3n) is 6.45. The predicted molar refractivity (Wildman–Crippen MR) is 151 cm³/mol. The van der Waals surface area contributed by atoms with Crippen molar-refractivity contribution in [3.63, 3.8) is 0 Å². The summed E-state index contributed by atoms with van der Waals surface area (Å²) < 4.78 is 0. The third kappa shape index (κ3) is 9.01. The average molecular weight is 517 g/mol. The van der Waals surface area contributed by atoms with Crippen molar-refractivity contribution in [1.29, 1.82) is 0 Å². The maximum Gasteiger partial charge on any atom is 0.303 e. The molecule has 4 nitrogen and oxygen atoms in total. The maximum atomic E-state index is 12.4. The molecule has 1 unspecified atom stereocenters. The molecule has 5 heteroatoms. The van der Waals surface area contributed by atoms with Crippen molar-refractivity contribution in [2.45, 2.75) is 75.4 Å². The molecule has 1 atom stereocenters. The molecule has 0 radical (unpaired) electrons. The number of Topliss-reactive ketones (excluding diaryl/α,β-unsaturated/α-hetero) is 2. The van der Waals surface area contributed by atoms with Crippen LogP contribution in [0.5, 0.6) is 0 Å². The minimum atomic E-state index is -0.872. The highest BCUT2D eigenvalue weighted by Gasteiger charge is 2.15. The molecule has 0 amide bonds. The second kappa shape index (κ2) is 14.5. The van der Waals surface area contributed by atoms with E-state index in [1.165, 1.54) is 29.7 Å². The summed E-state index contributed by atoms with van der Waals surface area (Å²) >= 11 is 1.84. The zero-order chi connectivity index (χ0) is 26.6. The van der Waals surface area contributed by atoms with Gasteiger partial charge in [-0.05, 0) is 54.7 Å². The Morgan fingerprint density at radius 2 is 1.51 bits per heavy atom. The summed E-state index contributed by atoms with van der Waals surface area (Å²) in [6, 6.07) is 24.1. The van der Waals surface area contributed by atoms with E-state index in [4.69, 9.17) is 5.11 Å². The number of carbonyl (C=O) groups excluding carboxylic acids is 2. The summed E-state index contributed by atoms with van der Waals surface area (Å²) in [4.78, 5) is 36.1. The van der Waals surface area contributed by atoms with E-state index in [0.29, 0.717) is 17.5 Å². The van der Waals surface area contributed by atoms with Crippen LogP contribution in [0, 0.1) is 0 Å². The lowest BCUT2D eigenvalue weighted by atomic mass is 10.0. The van der Waals surface area contributed by atoms with Crippen LogP contribution in [0.15, 0.2) is 77.7 Å². The summed E-state index contributed by atoms with van der Waals surface area (Å²) in [5, 5.41) is 9.08. The van der Waals surface area contributed by atoms with Crippen molar-refractivity contribution in [1.82, 2.24) is 0 Å². The fourth-order valence-corrected chi connectivity index (χ4v) is 5.49. The van der Waals surface area contributed by atoms with Gasteiger partial charge in [0.05, 0.1) is 0 Å². The van der Waals surface area contributed by atoms with E-state index in [9.17, 15) is 14.4 Å². The maximum absolute atomic E-state index is 12.4. The number of benzene rings is 3. The first-order valence-electron chi connectivity index (χ1n) is 13.1. The fourth-order valence-electron chi connectivity index (χ4n) is 4.29. The number of carboxylic acids is 1. The molecule has 0 bridgehead atoms. The molecule has 3 rings (SSSR count). The number of hydrogen-bond donors (Lipinski definition) is 1. The lowest BCUT2D eigenvalue weighted by molar-refractivity contribution is -0.137. The quantitative estimate of drug-likeness (QED) is 0.124. The number of aliphatic carboxylic acids is 1. The number of thioether (sulfide) groups is 1. The summed E-state index contributed by atoms with van der Waals surface area (Å²) in [5.74, 6) is -0.819. The van der Waals surface area contributed by atoms with Crippen LogP contribution in [-0.2, 0) is 4.79 Å². The minimum absolute atomic E-state index is 0.00983. The highest BCUT2D eigenvalue weighted by molar-refractivity contribution is 7.99. The lowest BCUT2D eigenvalue weighted by Crippen LogP contribution is -2.02. The first kappa shape index (κ1) is 28.4. The standard InChI is InChI=1S/C32H36O4S/c1-3-4-5-6-12-31(26-16-14-25(15-17-26)30(34)11-8-13-32(35)36)37-29-20-18-24(19-21-29)28-10-7-9-27(22-28)23(2)33/h7,9-10,14-22,31H,3-6,8,11-13H2,1-2H3,(H,35,36). The van der Waals surface area contributed by atoms with Gasteiger partial charge in [-0.25, -0.2) is 0 Å². The molecule has 1 N–H and O–H groups in total. The van der Waals surface area contributed by atoms with Crippen LogP contribution in [0.2, 0.25) is 0 Å². The van der Waals surface area contributed by atoms with Crippen LogP contribution in [0.3, 0.4) is 0 Å². The van der Waals surface area contributed by atoms with E-state index in [-0.39, 0.29) is 29.7 Å². The third-order valence-corrected chi connectivity index (χ3v) is 7.79. The van der Waals surface area contributed by atoms with Gasteiger partial charge in [0.1, 0.15) is 0 Å². The van der Waals surface area contributed by atoms with Crippen molar-refractivity contribution in [2.24, 2.45) is 0 Å². The number of unbranched alkanes of at least 4 members (excludes halogenated alkanes) is 3. The molecule has 0 spiro atoms. The molecule has 0 heterocycles. The average Bonchev–Trinajstić information content (AvgIpc) is 2.90. The Labute approximate surface area is 224 Å². The number of carbonyl (C=O) groups is 3. The normalized spacial score (nSPS) is 11.7. The zero-order valence-corrected chi connectivity index (χ0v) is 22.6. The van der Waals surface area contributed by atoms with Crippen LogP contribution < -0.4 is 0 Å². The van der Waals surface area contributed by atoms with E-state index in [0.717, 1.165) is 24.0 Å². The molecule has 0 saturated carbocycles. The van der Waals surface area contributed by atoms with Gasteiger partial charge in [-0.15, -0.1) is 11.8 Å². The van der Waals surface area contributed by atoms with Crippen molar-refractivity contribution < 1.29 is 19.5 Å². The first-order valence-corrected chi connectivity index (χ1v) is 14.0. The fraction of sp³-hybridized carbons (Fsp3) is 0.344. The Kier molecular flexibility index (Phi) is 11.2. The van der Waals surface area contributed by atoms with Crippen LogP contribution in [0.1, 0.15) is 96.7 Å². The molecule has 0 aromatic heterocycles. The molecule has 0 aliphatic heterocycles. The van der Waals surface area contributed by atoms with Crippen LogP contribution in [0.4, 0.5) is 0 Å². The Morgan fingerprint density at radius 1 is 0.784 bits per heavy atom. The van der Waals surface area contributed by atoms with Gasteiger partial charge in [0.15, 0.2) is 11.6 Å². The molecule has 194 valence electrons. The van der Waals surface area contributed by atoms with Gasteiger partial charge in [0, 0.05) is 34.1 Å². The molecular weight excluding hydrogens is 480 g/mol. The van der Waals surface area contributed by atoms with E-state index in [2.05, 4.69) is 31.2 Å². The second-order valence-corrected chi connectivity index (χ2v) is 10.7. The Balaban J connectivity index is 1.72. The molecule has 0 aliphatic rings. The summed E-state index contributed by atoms with van der Waals surface area (Å²) in [5.41, 5.74) is 4.66. The smallest absolute Gasteiger partial charge is 0.303 e. The van der Waals surface area contributed by atoms with Crippen molar-refractivity contribution in [2.75, 3.05) is 0 Å². The molecule has 37 heavy (non-hydrogen) atoms. The lowest BCUT2D eigenvalue weighted by Gasteiger charge is -2.18. The number of ketones is 2. The van der Waals surface area contributed by atoms with Gasteiger partial charge < -0.3 is 5.11 Å². The van der Waals surface area contributed by atoms with Gasteiger partial charge >= 0.3 is 5.97 Å². The van der Waals surface area contributed by atoms with Crippen molar-refractivity contribution in [3.8, 4) is 11.1 Å². The molecule has 3 aromatic carbocycles. The van der Waals surface area contributed by atoms with Gasteiger partial charge in [-0.1, -0.05) is 87.2 Å². The Hall–Kier alpha value is -3.18. The van der Waals surface area contributed by atoms with E-state index in [1.807, 2.05) is 60.3 Å². The number of hydrogen-bond acceptors (Lipinski definition) is 4. The number of carboxylic acid groups (broad SMARTS) is 1.